The summed E-state index contributed by atoms with van der Waals surface area (Å²) in [7, 11) is 2.13. The predicted octanol–water partition coefficient (Wildman–Crippen LogP) is -0.483. The van der Waals surface area contributed by atoms with Crippen LogP contribution in [0, 0.1) is 0 Å². The minimum atomic E-state index is -2.69. The van der Waals surface area contributed by atoms with Gasteiger partial charge in [-0.3, -0.25) is 5.32 Å². The molecule has 3 atom stereocenters. The fourth-order valence-corrected chi connectivity index (χ4v) is 3.89. The number of hydrogen-bond acceptors (Lipinski definition) is 7. The van der Waals surface area contributed by atoms with Crippen LogP contribution in [0.25, 0.3) is 0 Å². The summed E-state index contributed by atoms with van der Waals surface area (Å²) >= 11 is 0. The molecule has 0 bridgehead atoms. The Morgan fingerprint density at radius 1 is 1.06 bits per heavy atom. The summed E-state index contributed by atoms with van der Waals surface area (Å²) in [4.78, 5) is 0. The minimum absolute atomic E-state index is 0.0244. The minimum Gasteiger partial charge on any atom is -0.376 e. The lowest BCUT2D eigenvalue weighted by Gasteiger charge is -2.33. The zero-order valence-electron chi connectivity index (χ0n) is 12.2. The summed E-state index contributed by atoms with van der Waals surface area (Å²) in [6.45, 7) is 5.90. The largest absolute Gasteiger partial charge is 0.519 e. The van der Waals surface area contributed by atoms with Gasteiger partial charge in [-0.1, -0.05) is 6.92 Å². The van der Waals surface area contributed by atoms with E-state index < -0.39 is 8.80 Å². The molecule has 0 aromatic carbocycles. The molecule has 0 rings (SSSR count). The SMILES string of the molecule is CCC(NNC(C)NC(C)N)[Si](OC)(OC)OC. The van der Waals surface area contributed by atoms with E-state index in [1.54, 1.807) is 21.3 Å². The third kappa shape index (κ3) is 5.29. The van der Waals surface area contributed by atoms with Gasteiger partial charge in [0.2, 0.25) is 0 Å². The Labute approximate surface area is 111 Å². The van der Waals surface area contributed by atoms with Crippen LogP contribution in [-0.4, -0.2) is 48.1 Å². The average molecular weight is 280 g/mol. The molecule has 110 valence electrons. The van der Waals surface area contributed by atoms with Crippen LogP contribution in [0.1, 0.15) is 27.2 Å². The fourth-order valence-electron chi connectivity index (χ4n) is 1.78. The predicted molar refractivity (Wildman–Crippen MR) is 73.4 cm³/mol. The topological polar surface area (TPSA) is 89.8 Å². The Kier molecular flexibility index (Phi) is 8.91. The van der Waals surface area contributed by atoms with Gasteiger partial charge in [-0.2, -0.15) is 0 Å². The zero-order chi connectivity index (χ0) is 14.2. The average Bonchev–Trinajstić information content (AvgIpc) is 2.34. The van der Waals surface area contributed by atoms with Gasteiger partial charge in [0.05, 0.1) is 18.0 Å². The molecule has 0 aliphatic heterocycles. The van der Waals surface area contributed by atoms with Gasteiger partial charge in [-0.15, -0.1) is 0 Å². The first-order valence-corrected chi connectivity index (χ1v) is 7.94. The van der Waals surface area contributed by atoms with Crippen molar-refractivity contribution in [1.29, 1.82) is 0 Å². The number of nitrogens with two attached hydrogens (primary N) is 1. The van der Waals surface area contributed by atoms with Crippen LogP contribution in [0.3, 0.4) is 0 Å². The van der Waals surface area contributed by atoms with Crippen molar-refractivity contribution in [1.82, 2.24) is 16.2 Å². The van der Waals surface area contributed by atoms with Gasteiger partial charge < -0.3 is 19.0 Å². The second-order valence-electron chi connectivity index (χ2n) is 4.14. The Balaban J connectivity index is 4.41. The van der Waals surface area contributed by atoms with E-state index in [9.17, 15) is 0 Å². The Morgan fingerprint density at radius 2 is 1.56 bits per heavy atom. The third-order valence-electron chi connectivity index (χ3n) is 2.68. The van der Waals surface area contributed by atoms with Gasteiger partial charge in [-0.25, -0.2) is 10.9 Å². The highest BCUT2D eigenvalue weighted by molar-refractivity contribution is 6.62. The molecule has 0 saturated heterocycles. The molecule has 18 heavy (non-hydrogen) atoms. The number of rotatable bonds is 10. The molecule has 0 aromatic rings. The second-order valence-corrected chi connectivity index (χ2v) is 7.27. The van der Waals surface area contributed by atoms with Gasteiger partial charge in [-0.05, 0) is 20.3 Å². The molecular weight excluding hydrogens is 252 g/mol. The van der Waals surface area contributed by atoms with E-state index >= 15 is 0 Å². The van der Waals surface area contributed by atoms with E-state index in [1.165, 1.54) is 0 Å². The van der Waals surface area contributed by atoms with Gasteiger partial charge in [0, 0.05) is 21.3 Å². The molecule has 7 nitrogen and oxygen atoms in total. The molecule has 0 amide bonds. The van der Waals surface area contributed by atoms with Crippen molar-refractivity contribution in [3.63, 3.8) is 0 Å². The standard InChI is InChI=1S/C10H28N4O3Si/c1-7-10(18(15-4,16-5)17-6)14-13-9(3)12-8(2)11/h8-10,12-14H,7,11H2,1-6H3. The maximum Gasteiger partial charge on any atom is 0.519 e. The highest BCUT2D eigenvalue weighted by Gasteiger charge is 2.46. The van der Waals surface area contributed by atoms with E-state index in [4.69, 9.17) is 19.0 Å². The molecule has 0 radical (unpaired) electrons. The van der Waals surface area contributed by atoms with Gasteiger partial charge in [0.1, 0.15) is 0 Å². The van der Waals surface area contributed by atoms with Crippen LogP contribution in [0.4, 0.5) is 0 Å². The molecule has 0 heterocycles. The first-order valence-electron chi connectivity index (χ1n) is 6.13. The Hall–Kier alpha value is -0.0631. The van der Waals surface area contributed by atoms with Gasteiger partial charge >= 0.3 is 8.80 Å². The second kappa shape index (κ2) is 8.94. The van der Waals surface area contributed by atoms with Crippen LogP contribution >= 0.6 is 0 Å². The molecule has 0 fully saturated rings. The first-order chi connectivity index (χ1) is 8.45. The highest BCUT2D eigenvalue weighted by Crippen LogP contribution is 2.13. The van der Waals surface area contributed by atoms with Crippen molar-refractivity contribution in [2.75, 3.05) is 21.3 Å². The summed E-state index contributed by atoms with van der Waals surface area (Å²) in [6.07, 6.45) is 0.764. The van der Waals surface area contributed by atoms with Crippen LogP contribution in [-0.2, 0) is 13.3 Å². The summed E-state index contributed by atoms with van der Waals surface area (Å²) in [5, 5.41) is 3.12. The summed E-state index contributed by atoms with van der Waals surface area (Å²) in [6, 6.07) is 0. The number of hydrazine groups is 1. The lowest BCUT2D eigenvalue weighted by Crippen LogP contribution is -2.65. The fraction of sp³-hybridized carbons (Fsp3) is 1.00. The van der Waals surface area contributed by atoms with E-state index in [1.807, 2.05) is 20.8 Å². The maximum atomic E-state index is 5.65. The highest BCUT2D eigenvalue weighted by atomic mass is 28.4. The molecule has 5 N–H and O–H groups in total. The van der Waals surface area contributed by atoms with Gasteiger partial charge in [0.15, 0.2) is 0 Å². The molecule has 0 spiro atoms. The molecule has 0 aromatic heterocycles. The Morgan fingerprint density at radius 3 is 1.89 bits per heavy atom. The van der Waals surface area contributed by atoms with Crippen molar-refractivity contribution >= 4 is 8.80 Å². The van der Waals surface area contributed by atoms with Gasteiger partial charge in [0.25, 0.3) is 0 Å². The van der Waals surface area contributed by atoms with Crippen LogP contribution < -0.4 is 21.9 Å². The van der Waals surface area contributed by atoms with E-state index in [0.29, 0.717) is 0 Å². The molecule has 0 saturated carbocycles. The molecule has 0 aliphatic rings. The van der Waals surface area contributed by atoms with Crippen LogP contribution in [0.2, 0.25) is 0 Å². The lowest BCUT2D eigenvalue weighted by atomic mass is 10.5. The smallest absolute Gasteiger partial charge is 0.376 e. The van der Waals surface area contributed by atoms with E-state index in [2.05, 4.69) is 16.2 Å². The normalized spacial score (nSPS) is 17.5. The summed E-state index contributed by atoms with van der Waals surface area (Å²) in [5.74, 6) is 0. The van der Waals surface area contributed by atoms with Crippen molar-refractivity contribution in [2.45, 2.75) is 45.2 Å². The third-order valence-corrected chi connectivity index (χ3v) is 5.79. The molecular formula is C10H28N4O3Si. The van der Waals surface area contributed by atoms with Crippen molar-refractivity contribution in [3.05, 3.63) is 0 Å². The van der Waals surface area contributed by atoms with Crippen LogP contribution in [0.15, 0.2) is 0 Å². The zero-order valence-corrected chi connectivity index (χ0v) is 13.2. The monoisotopic (exact) mass is 280 g/mol. The van der Waals surface area contributed by atoms with Crippen molar-refractivity contribution < 1.29 is 13.3 Å². The molecule has 8 heteroatoms. The summed E-state index contributed by atoms with van der Waals surface area (Å²) in [5.41, 5.74) is 11.9. The van der Waals surface area contributed by atoms with Crippen LogP contribution in [0.5, 0.6) is 0 Å². The lowest BCUT2D eigenvalue weighted by molar-refractivity contribution is 0.102. The van der Waals surface area contributed by atoms with E-state index in [-0.39, 0.29) is 18.0 Å². The first kappa shape index (κ1) is 17.9. The Bertz CT molecular complexity index is 209. The number of nitrogens with one attached hydrogen (secondary N) is 3. The van der Waals surface area contributed by atoms with Crippen molar-refractivity contribution in [3.8, 4) is 0 Å². The number of hydrogen-bond donors (Lipinski definition) is 4. The molecule has 3 unspecified atom stereocenters. The summed E-state index contributed by atoms with van der Waals surface area (Å²) < 4.78 is 16.3. The quantitative estimate of drug-likeness (QED) is 0.244. The molecule has 0 aliphatic carbocycles. The van der Waals surface area contributed by atoms with E-state index in [0.717, 1.165) is 6.42 Å². The van der Waals surface area contributed by atoms with Crippen molar-refractivity contribution in [2.24, 2.45) is 5.73 Å². The maximum absolute atomic E-state index is 5.65.